The monoisotopic (exact) mass is 317 g/mol. The lowest BCUT2D eigenvalue weighted by molar-refractivity contribution is 0.415. The third kappa shape index (κ3) is 2.65. The molecule has 2 aromatic carbocycles. The van der Waals surface area contributed by atoms with E-state index in [2.05, 4.69) is 20.6 Å². The van der Waals surface area contributed by atoms with Crippen LogP contribution >= 0.6 is 0 Å². The lowest BCUT2D eigenvalue weighted by atomic mass is 10.1. The number of ether oxygens (including phenoxy) is 1. The van der Waals surface area contributed by atoms with Gasteiger partial charge in [-0.3, -0.25) is 10.1 Å². The van der Waals surface area contributed by atoms with Crippen LogP contribution in [-0.4, -0.2) is 27.0 Å². The normalized spacial score (nSPS) is 10.7. The molecular weight excluding hydrogens is 302 g/mol. The molecule has 1 N–H and O–H groups in total. The zero-order valence-corrected chi connectivity index (χ0v) is 13.0. The van der Waals surface area contributed by atoms with Crippen LogP contribution in [0.2, 0.25) is 0 Å². The van der Waals surface area contributed by atoms with E-state index < -0.39 is 0 Å². The van der Waals surface area contributed by atoms with Crippen molar-refractivity contribution in [2.45, 2.75) is 0 Å². The molecular formula is C18H15N5O. The minimum atomic E-state index is 0.627. The van der Waals surface area contributed by atoms with Crippen molar-refractivity contribution < 1.29 is 4.74 Å². The van der Waals surface area contributed by atoms with E-state index in [4.69, 9.17) is 4.74 Å². The van der Waals surface area contributed by atoms with Gasteiger partial charge in [-0.25, -0.2) is 4.98 Å². The van der Waals surface area contributed by atoms with Crippen LogP contribution in [0.4, 0.5) is 5.69 Å². The summed E-state index contributed by atoms with van der Waals surface area (Å²) in [6.07, 6.45) is 3.62. The van der Waals surface area contributed by atoms with Gasteiger partial charge in [0.15, 0.2) is 5.82 Å². The Hall–Kier alpha value is -3.41. The lowest BCUT2D eigenvalue weighted by Gasteiger charge is -2.11. The third-order valence-corrected chi connectivity index (χ3v) is 3.71. The second-order valence-electron chi connectivity index (χ2n) is 5.27. The highest BCUT2D eigenvalue weighted by molar-refractivity contribution is 5.77. The molecule has 4 rings (SSSR count). The Labute approximate surface area is 139 Å². The number of nitrogens with zero attached hydrogens (tertiary/aromatic N) is 4. The Balaban J connectivity index is 1.68. The Morgan fingerprint density at radius 2 is 1.75 bits per heavy atom. The van der Waals surface area contributed by atoms with E-state index >= 15 is 0 Å². The summed E-state index contributed by atoms with van der Waals surface area (Å²) in [4.78, 5) is 4.36. The largest absolute Gasteiger partial charge is 0.497 e. The first kappa shape index (κ1) is 14.2. The van der Waals surface area contributed by atoms with Gasteiger partial charge >= 0.3 is 0 Å². The lowest BCUT2D eigenvalue weighted by Crippen LogP contribution is -2.10. The van der Waals surface area contributed by atoms with Crippen molar-refractivity contribution in [1.82, 2.24) is 19.9 Å². The second kappa shape index (κ2) is 6.00. The highest BCUT2D eigenvalue weighted by Gasteiger charge is 2.16. The average molecular weight is 317 g/mol. The number of nitrogens with one attached hydrogen (secondary N) is 1. The molecule has 0 unspecified atom stereocenters. The zero-order valence-electron chi connectivity index (χ0n) is 13.0. The standard InChI is InChI=1S/C18H15N5O/c1-24-15-9-7-14(8-10-15)22-23-11-16-17(13-5-3-2-4-6-13)20-21-18(16)19-12-23/h2-12,22H,1H3. The van der Waals surface area contributed by atoms with E-state index in [1.807, 2.05) is 60.8 Å². The summed E-state index contributed by atoms with van der Waals surface area (Å²) < 4.78 is 6.96. The first-order valence-corrected chi connectivity index (χ1v) is 7.50. The molecule has 0 saturated heterocycles. The maximum atomic E-state index is 5.17. The van der Waals surface area contributed by atoms with Crippen LogP contribution in [0.25, 0.3) is 22.6 Å². The Bertz CT molecular complexity index is 918. The fourth-order valence-electron chi connectivity index (χ4n) is 2.50. The van der Waals surface area contributed by atoms with Crippen LogP contribution in [-0.2, 0) is 0 Å². The van der Waals surface area contributed by atoms with Gasteiger partial charge < -0.3 is 4.74 Å². The first-order chi connectivity index (χ1) is 11.8. The number of methoxy groups -OCH3 is 1. The van der Waals surface area contributed by atoms with Gasteiger partial charge in [0.1, 0.15) is 17.8 Å². The number of anilines is 1. The maximum Gasteiger partial charge on any atom is 0.187 e. The summed E-state index contributed by atoms with van der Waals surface area (Å²) in [6.45, 7) is 0. The van der Waals surface area contributed by atoms with Crippen molar-refractivity contribution in [2.24, 2.45) is 0 Å². The van der Waals surface area contributed by atoms with Gasteiger partial charge in [0.05, 0.1) is 18.4 Å². The molecule has 0 fully saturated rings. The Morgan fingerprint density at radius 3 is 2.50 bits per heavy atom. The minimum Gasteiger partial charge on any atom is -0.497 e. The van der Waals surface area contributed by atoms with Gasteiger partial charge in [0, 0.05) is 11.8 Å². The minimum absolute atomic E-state index is 0.627. The molecule has 0 spiro atoms. The van der Waals surface area contributed by atoms with E-state index in [9.17, 15) is 0 Å². The average Bonchev–Trinajstić information content (AvgIpc) is 3.06. The van der Waals surface area contributed by atoms with Crippen LogP contribution in [0.15, 0.2) is 67.1 Å². The van der Waals surface area contributed by atoms with Crippen molar-refractivity contribution in [3.8, 4) is 28.4 Å². The number of benzene rings is 2. The summed E-state index contributed by atoms with van der Waals surface area (Å²) in [5.41, 5.74) is 6.92. The van der Waals surface area contributed by atoms with Crippen molar-refractivity contribution in [1.29, 1.82) is 0 Å². The van der Waals surface area contributed by atoms with E-state index in [0.717, 1.165) is 28.3 Å². The summed E-state index contributed by atoms with van der Waals surface area (Å²) in [5, 5.41) is 8.41. The number of rotatable bonds is 4. The van der Waals surface area contributed by atoms with Crippen molar-refractivity contribution in [2.75, 3.05) is 12.5 Å². The predicted molar refractivity (Wildman–Crippen MR) is 91.9 cm³/mol. The maximum absolute atomic E-state index is 5.17. The topological polar surface area (TPSA) is 64.9 Å². The van der Waals surface area contributed by atoms with Gasteiger partial charge in [-0.15, -0.1) is 10.2 Å². The molecule has 0 amide bonds. The van der Waals surface area contributed by atoms with Crippen LogP contribution in [0, 0.1) is 0 Å². The second-order valence-corrected chi connectivity index (χ2v) is 5.27. The smallest absolute Gasteiger partial charge is 0.187 e. The van der Waals surface area contributed by atoms with Crippen LogP contribution in [0.1, 0.15) is 0 Å². The van der Waals surface area contributed by atoms with Gasteiger partial charge in [-0.05, 0) is 24.3 Å². The van der Waals surface area contributed by atoms with Gasteiger partial charge in [0.2, 0.25) is 0 Å². The summed E-state index contributed by atoms with van der Waals surface area (Å²) in [7, 11) is 1.65. The molecule has 24 heavy (non-hydrogen) atoms. The highest BCUT2D eigenvalue weighted by Crippen LogP contribution is 2.29. The molecule has 0 bridgehead atoms. The molecule has 6 heteroatoms. The van der Waals surface area contributed by atoms with Crippen molar-refractivity contribution >= 4 is 5.69 Å². The quantitative estimate of drug-likeness (QED) is 0.625. The summed E-state index contributed by atoms with van der Waals surface area (Å²) >= 11 is 0. The molecule has 2 aromatic rings. The number of hydrogen-bond acceptors (Lipinski definition) is 5. The molecule has 2 aliphatic heterocycles. The fourth-order valence-corrected chi connectivity index (χ4v) is 2.50. The van der Waals surface area contributed by atoms with E-state index in [1.54, 1.807) is 18.1 Å². The Kier molecular flexibility index (Phi) is 3.55. The van der Waals surface area contributed by atoms with E-state index in [-0.39, 0.29) is 0 Å². The van der Waals surface area contributed by atoms with Crippen LogP contribution in [0.3, 0.4) is 0 Å². The number of hydrogen-bond donors (Lipinski definition) is 1. The SMILES string of the molecule is COc1ccc(Nn2cnc3nnc(-c4ccccc4)c-3c2)cc1. The van der Waals surface area contributed by atoms with Crippen molar-refractivity contribution in [3.05, 3.63) is 67.1 Å². The van der Waals surface area contributed by atoms with Gasteiger partial charge in [-0.2, -0.15) is 0 Å². The summed E-state index contributed by atoms with van der Waals surface area (Å²) in [5.74, 6) is 1.44. The van der Waals surface area contributed by atoms with E-state index in [0.29, 0.717) is 5.82 Å². The zero-order chi connectivity index (χ0) is 16.4. The molecule has 2 heterocycles. The van der Waals surface area contributed by atoms with E-state index in [1.165, 1.54) is 0 Å². The summed E-state index contributed by atoms with van der Waals surface area (Å²) in [6, 6.07) is 17.6. The molecule has 0 saturated carbocycles. The van der Waals surface area contributed by atoms with Gasteiger partial charge in [-0.1, -0.05) is 30.3 Å². The van der Waals surface area contributed by atoms with Crippen LogP contribution in [0.5, 0.6) is 5.75 Å². The fraction of sp³-hybridized carbons (Fsp3) is 0.0556. The molecule has 118 valence electrons. The molecule has 0 atom stereocenters. The molecule has 6 nitrogen and oxygen atoms in total. The predicted octanol–water partition coefficient (Wildman–Crippen LogP) is 3.33. The number of fused-ring (bicyclic) bond motifs is 1. The van der Waals surface area contributed by atoms with Gasteiger partial charge in [0.25, 0.3) is 0 Å². The third-order valence-electron chi connectivity index (χ3n) is 3.71. The number of aromatic nitrogens is 4. The Morgan fingerprint density at radius 1 is 0.958 bits per heavy atom. The first-order valence-electron chi connectivity index (χ1n) is 7.50. The molecule has 0 radical (unpaired) electrons. The molecule has 0 aliphatic carbocycles. The van der Waals surface area contributed by atoms with Crippen molar-refractivity contribution in [3.63, 3.8) is 0 Å². The molecule has 0 aromatic heterocycles. The van der Waals surface area contributed by atoms with Crippen LogP contribution < -0.4 is 10.2 Å². The highest BCUT2D eigenvalue weighted by atomic mass is 16.5. The molecule has 2 aliphatic rings.